The molecule has 0 saturated heterocycles. The van der Waals surface area contributed by atoms with E-state index in [2.05, 4.69) is 5.32 Å². The fourth-order valence-corrected chi connectivity index (χ4v) is 1.58. The average molecular weight is 259 g/mol. The molecular weight excluding hydrogens is 246 g/mol. The van der Waals surface area contributed by atoms with Crippen LogP contribution in [0.3, 0.4) is 0 Å². The predicted molar refractivity (Wildman–Crippen MR) is 70.7 cm³/mol. The summed E-state index contributed by atoms with van der Waals surface area (Å²) in [6.45, 7) is 0. The van der Waals surface area contributed by atoms with Crippen LogP contribution in [0.15, 0.2) is 42.5 Å². The number of carbonyl (C=O) groups is 1. The lowest BCUT2D eigenvalue weighted by Crippen LogP contribution is -2.11. The molecule has 0 aliphatic heterocycles. The first-order chi connectivity index (χ1) is 9.10. The van der Waals surface area contributed by atoms with Crippen LogP contribution in [0.25, 0.3) is 0 Å². The van der Waals surface area contributed by atoms with Crippen molar-refractivity contribution in [2.24, 2.45) is 0 Å². The van der Waals surface area contributed by atoms with Crippen molar-refractivity contribution in [2.75, 3.05) is 12.4 Å². The third-order valence-electron chi connectivity index (χ3n) is 2.57. The lowest BCUT2D eigenvalue weighted by molar-refractivity contribution is 0.102. The molecule has 3 N–H and O–H groups in total. The number of anilines is 1. The minimum atomic E-state index is -0.358. The molecule has 0 radical (unpaired) electrons. The van der Waals surface area contributed by atoms with Crippen LogP contribution < -0.4 is 10.1 Å². The molecule has 0 bridgehead atoms. The smallest absolute Gasteiger partial charge is 0.255 e. The minimum Gasteiger partial charge on any atom is -0.508 e. The van der Waals surface area contributed by atoms with E-state index in [0.29, 0.717) is 17.0 Å². The van der Waals surface area contributed by atoms with Gasteiger partial charge in [-0.15, -0.1) is 0 Å². The summed E-state index contributed by atoms with van der Waals surface area (Å²) in [5, 5.41) is 21.4. The number of methoxy groups -OCH3 is 1. The maximum Gasteiger partial charge on any atom is 0.255 e. The number of aromatic hydroxyl groups is 2. The lowest BCUT2D eigenvalue weighted by atomic mass is 10.2. The second-order valence-electron chi connectivity index (χ2n) is 3.89. The highest BCUT2D eigenvalue weighted by Gasteiger charge is 2.09. The highest BCUT2D eigenvalue weighted by molar-refractivity contribution is 6.04. The molecule has 0 heterocycles. The predicted octanol–water partition coefficient (Wildman–Crippen LogP) is 2.36. The van der Waals surface area contributed by atoms with Crippen LogP contribution in [0.1, 0.15) is 10.4 Å². The number of phenolic OH excluding ortho intramolecular Hbond substituents is 2. The lowest BCUT2D eigenvalue weighted by Gasteiger charge is -2.07. The number of benzene rings is 2. The first kappa shape index (κ1) is 12.8. The van der Waals surface area contributed by atoms with Gasteiger partial charge in [0, 0.05) is 11.3 Å². The summed E-state index contributed by atoms with van der Waals surface area (Å²) in [7, 11) is 1.44. The van der Waals surface area contributed by atoms with E-state index >= 15 is 0 Å². The van der Waals surface area contributed by atoms with Gasteiger partial charge in [-0.3, -0.25) is 4.79 Å². The second kappa shape index (κ2) is 5.30. The average Bonchev–Trinajstić information content (AvgIpc) is 2.41. The fourth-order valence-electron chi connectivity index (χ4n) is 1.58. The normalized spacial score (nSPS) is 9.95. The van der Waals surface area contributed by atoms with E-state index in [1.807, 2.05) is 0 Å². The summed E-state index contributed by atoms with van der Waals surface area (Å²) in [5.41, 5.74) is 0.865. The Kier molecular flexibility index (Phi) is 3.56. The minimum absolute atomic E-state index is 0.0964. The summed E-state index contributed by atoms with van der Waals surface area (Å²) in [6.07, 6.45) is 0. The number of nitrogens with one attached hydrogen (secondary N) is 1. The highest BCUT2D eigenvalue weighted by Crippen LogP contribution is 2.26. The number of carbonyl (C=O) groups excluding carboxylic acids is 1. The van der Waals surface area contributed by atoms with Crippen LogP contribution in [-0.2, 0) is 0 Å². The summed E-state index contributed by atoms with van der Waals surface area (Å²) in [6, 6.07) is 10.5. The molecule has 2 aromatic carbocycles. The SMILES string of the molecule is COc1ccc(C(=O)Nc2ccc(O)cc2)cc1O. The third kappa shape index (κ3) is 2.95. The van der Waals surface area contributed by atoms with Crippen molar-refractivity contribution in [3.8, 4) is 17.2 Å². The number of hydrogen-bond donors (Lipinski definition) is 3. The van der Waals surface area contributed by atoms with Crippen LogP contribution in [0.2, 0.25) is 0 Å². The standard InChI is InChI=1S/C14H13NO4/c1-19-13-7-2-9(8-12(13)17)14(18)15-10-3-5-11(16)6-4-10/h2-8,16-17H,1H3,(H,15,18). The summed E-state index contributed by atoms with van der Waals surface area (Å²) in [5.74, 6) is -0.0224. The van der Waals surface area contributed by atoms with E-state index in [1.165, 1.54) is 31.4 Å². The molecule has 0 aromatic heterocycles. The first-order valence-electron chi connectivity index (χ1n) is 5.57. The molecule has 98 valence electrons. The highest BCUT2D eigenvalue weighted by atomic mass is 16.5. The summed E-state index contributed by atoms with van der Waals surface area (Å²) < 4.78 is 4.90. The van der Waals surface area contributed by atoms with E-state index in [1.54, 1.807) is 18.2 Å². The van der Waals surface area contributed by atoms with E-state index < -0.39 is 0 Å². The number of rotatable bonds is 3. The molecule has 0 aliphatic carbocycles. The molecule has 0 atom stereocenters. The Bertz CT molecular complexity index is 593. The summed E-state index contributed by atoms with van der Waals surface area (Å²) >= 11 is 0. The van der Waals surface area contributed by atoms with E-state index in [0.717, 1.165) is 0 Å². The zero-order valence-corrected chi connectivity index (χ0v) is 10.3. The first-order valence-corrected chi connectivity index (χ1v) is 5.57. The van der Waals surface area contributed by atoms with Crippen molar-refractivity contribution in [3.63, 3.8) is 0 Å². The van der Waals surface area contributed by atoms with Crippen LogP contribution in [-0.4, -0.2) is 23.2 Å². The van der Waals surface area contributed by atoms with Crippen molar-refractivity contribution in [1.29, 1.82) is 0 Å². The Hall–Kier alpha value is -2.69. The maximum absolute atomic E-state index is 11.9. The van der Waals surface area contributed by atoms with Gasteiger partial charge >= 0.3 is 0 Å². The van der Waals surface area contributed by atoms with Crippen molar-refractivity contribution in [3.05, 3.63) is 48.0 Å². The van der Waals surface area contributed by atoms with Gasteiger partial charge in [-0.05, 0) is 42.5 Å². The Morgan fingerprint density at radius 3 is 2.37 bits per heavy atom. The van der Waals surface area contributed by atoms with Crippen molar-refractivity contribution in [1.82, 2.24) is 0 Å². The summed E-state index contributed by atoms with van der Waals surface area (Å²) in [4.78, 5) is 11.9. The number of amides is 1. The Morgan fingerprint density at radius 1 is 1.11 bits per heavy atom. The Labute approximate surface area is 110 Å². The molecule has 2 aromatic rings. The van der Waals surface area contributed by atoms with Gasteiger partial charge < -0.3 is 20.3 Å². The molecule has 0 aliphatic rings. The number of hydrogen-bond acceptors (Lipinski definition) is 4. The van der Waals surface area contributed by atoms with Gasteiger partial charge in [0.25, 0.3) is 5.91 Å². The molecule has 0 saturated carbocycles. The van der Waals surface area contributed by atoms with E-state index in [9.17, 15) is 9.90 Å². The monoisotopic (exact) mass is 259 g/mol. The van der Waals surface area contributed by atoms with Crippen LogP contribution in [0.5, 0.6) is 17.2 Å². The molecule has 0 spiro atoms. The Balaban J connectivity index is 2.16. The Morgan fingerprint density at radius 2 is 1.79 bits per heavy atom. The van der Waals surface area contributed by atoms with Gasteiger partial charge in [0.1, 0.15) is 5.75 Å². The third-order valence-corrected chi connectivity index (χ3v) is 2.57. The van der Waals surface area contributed by atoms with E-state index in [4.69, 9.17) is 9.84 Å². The van der Waals surface area contributed by atoms with Gasteiger partial charge in [0.2, 0.25) is 0 Å². The zero-order chi connectivity index (χ0) is 13.8. The van der Waals surface area contributed by atoms with Crippen LogP contribution in [0.4, 0.5) is 5.69 Å². The number of phenols is 2. The molecule has 5 heteroatoms. The molecule has 5 nitrogen and oxygen atoms in total. The van der Waals surface area contributed by atoms with Gasteiger partial charge in [-0.1, -0.05) is 0 Å². The molecule has 0 fully saturated rings. The van der Waals surface area contributed by atoms with Gasteiger partial charge in [-0.25, -0.2) is 0 Å². The van der Waals surface area contributed by atoms with Crippen molar-refractivity contribution in [2.45, 2.75) is 0 Å². The van der Waals surface area contributed by atoms with Crippen LogP contribution >= 0.6 is 0 Å². The van der Waals surface area contributed by atoms with Gasteiger partial charge in [0.05, 0.1) is 7.11 Å². The van der Waals surface area contributed by atoms with Gasteiger partial charge in [-0.2, -0.15) is 0 Å². The topological polar surface area (TPSA) is 78.8 Å². The molecular formula is C14H13NO4. The second-order valence-corrected chi connectivity index (χ2v) is 3.89. The molecule has 1 amide bonds. The zero-order valence-electron chi connectivity index (χ0n) is 10.3. The molecule has 2 rings (SSSR count). The number of ether oxygens (including phenoxy) is 1. The maximum atomic E-state index is 11.9. The largest absolute Gasteiger partial charge is 0.508 e. The van der Waals surface area contributed by atoms with Crippen molar-refractivity contribution < 1.29 is 19.7 Å². The fraction of sp³-hybridized carbons (Fsp3) is 0.0714. The molecule has 19 heavy (non-hydrogen) atoms. The van der Waals surface area contributed by atoms with Crippen LogP contribution in [0, 0.1) is 0 Å². The van der Waals surface area contributed by atoms with E-state index in [-0.39, 0.29) is 17.4 Å². The quantitative estimate of drug-likeness (QED) is 0.739. The van der Waals surface area contributed by atoms with Crippen molar-refractivity contribution >= 4 is 11.6 Å². The van der Waals surface area contributed by atoms with Gasteiger partial charge in [0.15, 0.2) is 11.5 Å². The molecule has 0 unspecified atom stereocenters.